The lowest BCUT2D eigenvalue weighted by Gasteiger charge is -2.54. The second kappa shape index (κ2) is 11.0. The van der Waals surface area contributed by atoms with Crippen LogP contribution in [0.25, 0.3) is 0 Å². The minimum Gasteiger partial charge on any atom is -0.508 e. The van der Waals surface area contributed by atoms with E-state index in [4.69, 9.17) is 0 Å². The molecular weight excluding hydrogens is 569 g/mol. The average Bonchev–Trinajstić information content (AvgIpc) is 2.91. The number of benzene rings is 3. The molecule has 0 bridgehead atoms. The molecular formula is C28H27BrFN5O4. The van der Waals surface area contributed by atoms with Crippen molar-refractivity contribution in [1.29, 1.82) is 0 Å². The second-order valence-corrected chi connectivity index (χ2v) is 10.5. The number of rotatable bonds is 5. The van der Waals surface area contributed by atoms with Gasteiger partial charge in [-0.1, -0.05) is 40.2 Å². The van der Waals surface area contributed by atoms with Crippen LogP contribution in [0.2, 0.25) is 0 Å². The Kier molecular flexibility index (Phi) is 7.53. The molecule has 11 heteroatoms. The van der Waals surface area contributed by atoms with Gasteiger partial charge in [0.1, 0.15) is 23.8 Å². The van der Waals surface area contributed by atoms with Gasteiger partial charge in [-0.15, -0.1) is 0 Å². The van der Waals surface area contributed by atoms with Gasteiger partial charge in [-0.2, -0.15) is 0 Å². The van der Waals surface area contributed by atoms with Gasteiger partial charge in [-0.25, -0.2) is 19.2 Å². The Morgan fingerprint density at radius 3 is 2.31 bits per heavy atom. The number of anilines is 1. The van der Waals surface area contributed by atoms with E-state index < -0.39 is 18.2 Å². The van der Waals surface area contributed by atoms with Gasteiger partial charge in [0.25, 0.3) is 0 Å². The predicted molar refractivity (Wildman–Crippen MR) is 146 cm³/mol. The van der Waals surface area contributed by atoms with E-state index in [9.17, 15) is 23.9 Å². The Morgan fingerprint density at radius 2 is 1.64 bits per heavy atom. The van der Waals surface area contributed by atoms with Crippen LogP contribution in [0.1, 0.15) is 11.1 Å². The minimum absolute atomic E-state index is 0.0760. The highest BCUT2D eigenvalue weighted by Crippen LogP contribution is 2.31. The largest absolute Gasteiger partial charge is 0.508 e. The quantitative estimate of drug-likeness (QED) is 0.471. The number of hydrogen-bond donors (Lipinski definition) is 2. The molecule has 2 aliphatic rings. The number of likely N-dealkylation sites (N-methyl/N-ethyl adjacent to an activating group) is 1. The lowest BCUT2D eigenvalue weighted by atomic mass is 9.98. The van der Waals surface area contributed by atoms with Crippen molar-refractivity contribution in [2.45, 2.75) is 25.2 Å². The molecule has 3 aromatic rings. The Bertz CT molecular complexity index is 1370. The summed E-state index contributed by atoms with van der Waals surface area (Å²) in [5, 5.41) is 15.6. The molecule has 0 unspecified atom stereocenters. The third-order valence-electron chi connectivity index (χ3n) is 6.92. The number of amides is 4. The third kappa shape index (κ3) is 5.59. The van der Waals surface area contributed by atoms with Gasteiger partial charge in [-0.3, -0.25) is 9.59 Å². The summed E-state index contributed by atoms with van der Waals surface area (Å²) in [5.74, 6) is -0.791. The standard InChI is InChI=1S/C28H27BrFN5O4/c1-32-17-26(37)34-24(14-18-4-12-23(36)13-5-18)27(38)33(22-10-6-20(29)7-11-22)16-25(34)35(32)28(39)31-15-19-2-8-21(30)9-3-19/h2-13,24-25,36H,14-17H2,1H3,(H,31,39)/t24-,25-/m0/s1. The molecule has 2 atom stereocenters. The molecule has 0 saturated carbocycles. The number of phenols is 1. The van der Waals surface area contributed by atoms with Gasteiger partial charge in [0.05, 0.1) is 13.1 Å². The van der Waals surface area contributed by atoms with Crippen molar-refractivity contribution in [3.05, 3.63) is 94.2 Å². The smallest absolute Gasteiger partial charge is 0.334 e. The molecule has 5 rings (SSSR count). The predicted octanol–water partition coefficient (Wildman–Crippen LogP) is 3.48. The van der Waals surface area contributed by atoms with Gasteiger partial charge in [0.2, 0.25) is 11.8 Å². The van der Waals surface area contributed by atoms with Crippen LogP contribution in [0.5, 0.6) is 5.75 Å². The fraction of sp³-hybridized carbons (Fsp3) is 0.250. The number of nitrogens with zero attached hydrogens (tertiary/aromatic N) is 4. The molecule has 0 radical (unpaired) electrons. The first-order valence-electron chi connectivity index (χ1n) is 12.4. The van der Waals surface area contributed by atoms with Gasteiger partial charge in [0.15, 0.2) is 0 Å². The highest BCUT2D eigenvalue weighted by atomic mass is 79.9. The van der Waals surface area contributed by atoms with Crippen LogP contribution in [-0.4, -0.2) is 70.2 Å². The Balaban J connectivity index is 1.47. The van der Waals surface area contributed by atoms with Crippen LogP contribution < -0.4 is 10.2 Å². The summed E-state index contributed by atoms with van der Waals surface area (Å²) >= 11 is 3.42. The maximum atomic E-state index is 13.9. The van der Waals surface area contributed by atoms with Crippen molar-refractivity contribution in [1.82, 2.24) is 20.2 Å². The monoisotopic (exact) mass is 595 g/mol. The topological polar surface area (TPSA) is 96.4 Å². The fourth-order valence-corrected chi connectivity index (χ4v) is 5.27. The normalized spacial score (nSPS) is 19.7. The van der Waals surface area contributed by atoms with Crippen LogP contribution in [0, 0.1) is 5.82 Å². The Labute approximate surface area is 233 Å². The first-order chi connectivity index (χ1) is 18.7. The maximum absolute atomic E-state index is 13.9. The van der Waals surface area contributed by atoms with Crippen molar-refractivity contribution >= 4 is 39.5 Å². The number of hydrogen-bond acceptors (Lipinski definition) is 5. The number of nitrogens with one attached hydrogen (secondary N) is 1. The molecule has 2 fully saturated rings. The minimum atomic E-state index is -0.870. The number of aromatic hydroxyl groups is 1. The number of piperazine rings is 1. The molecule has 0 aromatic heterocycles. The van der Waals surface area contributed by atoms with Crippen LogP contribution in [0.4, 0.5) is 14.9 Å². The van der Waals surface area contributed by atoms with E-state index in [1.807, 2.05) is 24.3 Å². The first-order valence-corrected chi connectivity index (χ1v) is 13.2. The van der Waals surface area contributed by atoms with Crippen LogP contribution in [-0.2, 0) is 22.6 Å². The van der Waals surface area contributed by atoms with E-state index in [1.54, 1.807) is 41.2 Å². The molecule has 3 aromatic carbocycles. The van der Waals surface area contributed by atoms with E-state index in [-0.39, 0.29) is 49.4 Å². The number of phenolic OH excluding ortho intramolecular Hbond substituents is 1. The molecule has 0 spiro atoms. The zero-order valence-corrected chi connectivity index (χ0v) is 22.7. The summed E-state index contributed by atoms with van der Waals surface area (Å²) in [5.41, 5.74) is 2.13. The number of urea groups is 1. The van der Waals surface area contributed by atoms with E-state index in [0.717, 1.165) is 15.6 Å². The zero-order chi connectivity index (χ0) is 27.7. The first kappa shape index (κ1) is 26.6. The van der Waals surface area contributed by atoms with E-state index in [2.05, 4.69) is 21.2 Å². The Hall–Kier alpha value is -3.96. The number of halogens is 2. The van der Waals surface area contributed by atoms with E-state index in [0.29, 0.717) is 5.69 Å². The lowest BCUT2D eigenvalue weighted by Crippen LogP contribution is -2.76. The molecule has 2 heterocycles. The van der Waals surface area contributed by atoms with Crippen molar-refractivity contribution in [3.63, 3.8) is 0 Å². The van der Waals surface area contributed by atoms with Crippen molar-refractivity contribution in [3.8, 4) is 5.75 Å². The summed E-state index contributed by atoms with van der Waals surface area (Å²) < 4.78 is 14.2. The van der Waals surface area contributed by atoms with E-state index >= 15 is 0 Å². The molecule has 2 N–H and O–H groups in total. The number of carbonyl (C=O) groups excluding carboxylic acids is 3. The van der Waals surface area contributed by atoms with Crippen LogP contribution in [0.3, 0.4) is 0 Å². The van der Waals surface area contributed by atoms with Crippen LogP contribution >= 0.6 is 15.9 Å². The lowest BCUT2D eigenvalue weighted by molar-refractivity contribution is -0.174. The molecule has 39 heavy (non-hydrogen) atoms. The molecule has 4 amide bonds. The SMILES string of the molecule is CN1CC(=O)N2[C@@H](Cc3ccc(O)cc3)C(=O)N(c3ccc(Br)cc3)C[C@@H]2N1C(=O)NCc1ccc(F)cc1. The average molecular weight is 596 g/mol. The molecule has 0 aliphatic carbocycles. The van der Waals surface area contributed by atoms with Crippen LogP contribution in [0.15, 0.2) is 77.3 Å². The summed E-state index contributed by atoms with van der Waals surface area (Å²) in [7, 11) is 1.65. The third-order valence-corrected chi connectivity index (χ3v) is 7.45. The molecule has 9 nitrogen and oxygen atoms in total. The van der Waals surface area contributed by atoms with Gasteiger partial charge >= 0.3 is 6.03 Å². The van der Waals surface area contributed by atoms with Gasteiger partial charge < -0.3 is 20.2 Å². The second-order valence-electron chi connectivity index (χ2n) is 9.54. The number of carbonyl (C=O) groups is 3. The summed E-state index contributed by atoms with van der Waals surface area (Å²) in [6.45, 7) is 0.154. The number of hydrazine groups is 1. The zero-order valence-electron chi connectivity index (χ0n) is 21.1. The number of fused-ring (bicyclic) bond motifs is 1. The van der Waals surface area contributed by atoms with Gasteiger partial charge in [-0.05, 0) is 59.7 Å². The maximum Gasteiger partial charge on any atom is 0.334 e. The van der Waals surface area contributed by atoms with Crippen molar-refractivity contribution in [2.24, 2.45) is 0 Å². The fourth-order valence-electron chi connectivity index (χ4n) is 5.01. The molecule has 2 saturated heterocycles. The van der Waals surface area contributed by atoms with E-state index in [1.165, 1.54) is 34.2 Å². The summed E-state index contributed by atoms with van der Waals surface area (Å²) in [6.07, 6.45) is -0.559. The molecule has 2 aliphatic heterocycles. The summed E-state index contributed by atoms with van der Waals surface area (Å²) in [4.78, 5) is 43.9. The van der Waals surface area contributed by atoms with Crippen molar-refractivity contribution < 1.29 is 23.9 Å². The van der Waals surface area contributed by atoms with Gasteiger partial charge in [0, 0.05) is 30.2 Å². The highest BCUT2D eigenvalue weighted by Gasteiger charge is 2.51. The summed E-state index contributed by atoms with van der Waals surface area (Å²) in [6, 6.07) is 18.3. The Morgan fingerprint density at radius 1 is 1.00 bits per heavy atom. The molecule has 202 valence electrons. The van der Waals surface area contributed by atoms with Crippen molar-refractivity contribution in [2.75, 3.05) is 25.0 Å². The highest BCUT2D eigenvalue weighted by molar-refractivity contribution is 9.10.